The van der Waals surface area contributed by atoms with Crippen LogP contribution < -0.4 is 0 Å². The van der Waals surface area contributed by atoms with E-state index >= 15 is 0 Å². The van der Waals surface area contributed by atoms with Crippen LogP contribution in [0.2, 0.25) is 0 Å². The maximum Gasteiger partial charge on any atom is 0.0795 e. The van der Waals surface area contributed by atoms with Gasteiger partial charge in [-0.15, -0.1) is 6.58 Å². The topological polar surface area (TPSA) is 0 Å². The van der Waals surface area contributed by atoms with Crippen molar-refractivity contribution in [3.63, 3.8) is 0 Å². The normalized spacial score (nSPS) is 18.3. The molecule has 0 bridgehead atoms. The number of hydrogen-bond donors (Lipinski definition) is 0. The summed E-state index contributed by atoms with van der Waals surface area (Å²) in [6.45, 7) is 10.9. The zero-order valence-corrected chi connectivity index (χ0v) is 12.0. The van der Waals surface area contributed by atoms with Crippen LogP contribution in [0.3, 0.4) is 0 Å². The molecule has 1 saturated heterocycles. The summed E-state index contributed by atoms with van der Waals surface area (Å²) in [6.07, 6.45) is 3.42. The van der Waals surface area contributed by atoms with Crippen LogP contribution in [0.15, 0.2) is 43.8 Å². The van der Waals surface area contributed by atoms with Gasteiger partial charge in [0.25, 0.3) is 0 Å². The molecule has 0 aromatic heterocycles. The van der Waals surface area contributed by atoms with E-state index in [0.717, 1.165) is 11.7 Å². The third-order valence-electron chi connectivity index (χ3n) is 3.19. The summed E-state index contributed by atoms with van der Waals surface area (Å²) in [7, 11) is 0. The van der Waals surface area contributed by atoms with Gasteiger partial charge in [0.2, 0.25) is 0 Å². The minimum absolute atomic E-state index is 0.250. The summed E-state index contributed by atoms with van der Waals surface area (Å²) < 4.78 is 10.1. The molecule has 98 valence electrons. The van der Waals surface area contributed by atoms with Gasteiger partial charge < -0.3 is 0 Å². The highest BCUT2D eigenvalue weighted by molar-refractivity contribution is 8.06. The number of rotatable bonds is 4. The summed E-state index contributed by atoms with van der Waals surface area (Å²) in [5.41, 5.74) is 4.29. The van der Waals surface area contributed by atoms with Crippen LogP contribution in [0.25, 0.3) is 0 Å². The molecule has 1 fully saturated rings. The molecule has 0 saturated carbocycles. The van der Waals surface area contributed by atoms with Gasteiger partial charge in [-0.2, -0.15) is 11.8 Å². The van der Waals surface area contributed by atoms with Crippen LogP contribution in [0.1, 0.15) is 29.0 Å². The predicted octanol–water partition coefficient (Wildman–Crippen LogP) is 5.18. The van der Waals surface area contributed by atoms with Crippen LogP contribution in [0.5, 0.6) is 0 Å². The van der Waals surface area contributed by atoms with Crippen molar-refractivity contribution in [2.75, 3.05) is 5.75 Å². The Labute approximate surface area is 114 Å². The van der Waals surface area contributed by atoms with E-state index in [9.17, 15) is 4.39 Å². The Morgan fingerprint density at radius 1 is 1.39 bits per heavy atom. The molecule has 1 aliphatic heterocycles. The third kappa shape index (κ3) is 4.34. The van der Waals surface area contributed by atoms with Crippen molar-refractivity contribution in [2.24, 2.45) is 0 Å². The molecule has 2 atom stereocenters. The lowest BCUT2D eigenvalue weighted by Crippen LogP contribution is -2.04. The quantitative estimate of drug-likeness (QED) is 0.533. The van der Waals surface area contributed by atoms with Gasteiger partial charge in [0.1, 0.15) is 0 Å². The van der Waals surface area contributed by atoms with Gasteiger partial charge in [0, 0.05) is 11.0 Å². The summed E-state index contributed by atoms with van der Waals surface area (Å²) in [5, 5.41) is 0.838. The molecule has 1 aromatic rings. The lowest BCUT2D eigenvalue weighted by Gasteiger charge is -2.15. The lowest BCUT2D eigenvalue weighted by atomic mass is 9.91. The Bertz CT molecular complexity index is 408. The third-order valence-corrected chi connectivity index (χ3v) is 4.23. The molecule has 18 heavy (non-hydrogen) atoms. The number of allylic oxidation sites excluding steroid dienone is 1. The molecule has 1 heterocycles. The Kier molecular flexibility index (Phi) is 6.20. The van der Waals surface area contributed by atoms with Crippen molar-refractivity contribution in [3.8, 4) is 0 Å². The van der Waals surface area contributed by atoms with E-state index in [4.69, 9.17) is 0 Å². The number of benzene rings is 1. The van der Waals surface area contributed by atoms with Gasteiger partial charge in [-0.25, -0.2) is 4.39 Å². The molecule has 0 spiro atoms. The summed E-state index contributed by atoms with van der Waals surface area (Å²) in [4.78, 5) is 0. The summed E-state index contributed by atoms with van der Waals surface area (Å²) in [6, 6.07) is 6.88. The largest absolute Gasteiger partial charge is 0.216 e. The Balaban J connectivity index is 0.000000492. The van der Waals surface area contributed by atoms with Gasteiger partial charge in [0.05, 0.1) is 6.33 Å². The first-order chi connectivity index (χ1) is 8.63. The molecule has 0 nitrogen and oxygen atoms in total. The van der Waals surface area contributed by atoms with Gasteiger partial charge >= 0.3 is 0 Å². The van der Waals surface area contributed by atoms with E-state index < -0.39 is 0 Å². The van der Waals surface area contributed by atoms with Crippen molar-refractivity contribution in [3.05, 3.63) is 60.5 Å². The fraction of sp³-hybridized carbons (Fsp3) is 0.375. The molecule has 1 aromatic carbocycles. The smallest absolute Gasteiger partial charge is 0.0795 e. The van der Waals surface area contributed by atoms with E-state index in [2.05, 4.69) is 63.0 Å². The molecule has 0 N–H and O–H groups in total. The SMILES string of the molecule is C=CCC(c1ccc(C)c(C)c1)[C@H]1CS1.C=CF. The molecule has 1 unspecified atom stereocenters. The fourth-order valence-corrected chi connectivity index (χ4v) is 2.81. The average Bonchev–Trinajstić information content (AvgIpc) is 3.15. The van der Waals surface area contributed by atoms with Crippen molar-refractivity contribution in [1.29, 1.82) is 0 Å². The lowest BCUT2D eigenvalue weighted by molar-refractivity contribution is 0.725. The zero-order valence-electron chi connectivity index (χ0n) is 11.2. The molecule has 1 aliphatic rings. The van der Waals surface area contributed by atoms with Crippen LogP contribution in [0, 0.1) is 13.8 Å². The van der Waals surface area contributed by atoms with Gasteiger partial charge in [-0.1, -0.05) is 30.9 Å². The number of thioether (sulfide) groups is 1. The fourth-order valence-electron chi connectivity index (χ4n) is 1.97. The van der Waals surface area contributed by atoms with Crippen LogP contribution in [0.4, 0.5) is 4.39 Å². The van der Waals surface area contributed by atoms with E-state index in [1.807, 2.05) is 0 Å². The van der Waals surface area contributed by atoms with Crippen molar-refractivity contribution in [2.45, 2.75) is 31.4 Å². The first-order valence-electron chi connectivity index (χ1n) is 6.14. The summed E-state index contributed by atoms with van der Waals surface area (Å²) in [5.74, 6) is 2.01. The standard InChI is InChI=1S/C14H18S.C2H3F/c1-4-5-13(14-9-15-14)12-7-6-10(2)11(3)8-12;1-2-3/h4,6-8,13-14H,1,5,9H2,2-3H3;2H,1H2/t13?,14-;/m1./s1. The highest BCUT2D eigenvalue weighted by Crippen LogP contribution is 2.44. The molecule has 0 radical (unpaired) electrons. The van der Waals surface area contributed by atoms with Crippen LogP contribution in [-0.4, -0.2) is 11.0 Å². The summed E-state index contributed by atoms with van der Waals surface area (Å²) >= 11 is 2.07. The van der Waals surface area contributed by atoms with E-state index in [0.29, 0.717) is 5.92 Å². The second kappa shape index (κ2) is 7.42. The average molecular weight is 264 g/mol. The highest BCUT2D eigenvalue weighted by Gasteiger charge is 2.32. The molecular formula is C16H21FS. The zero-order chi connectivity index (χ0) is 13.5. The van der Waals surface area contributed by atoms with Gasteiger partial charge in [-0.05, 0) is 42.9 Å². The molecular weight excluding hydrogens is 243 g/mol. The first-order valence-corrected chi connectivity index (χ1v) is 7.19. The van der Waals surface area contributed by atoms with E-state index in [1.165, 1.54) is 22.4 Å². The predicted molar refractivity (Wildman–Crippen MR) is 81.0 cm³/mol. The Morgan fingerprint density at radius 2 is 2.00 bits per heavy atom. The number of halogens is 1. The number of aryl methyl sites for hydroxylation is 2. The van der Waals surface area contributed by atoms with Gasteiger partial charge in [0.15, 0.2) is 0 Å². The van der Waals surface area contributed by atoms with Crippen molar-refractivity contribution >= 4 is 11.8 Å². The number of hydrogen-bond acceptors (Lipinski definition) is 1. The second-order valence-corrected chi connectivity index (χ2v) is 5.77. The van der Waals surface area contributed by atoms with Crippen LogP contribution >= 0.6 is 11.8 Å². The maximum atomic E-state index is 10.1. The maximum absolute atomic E-state index is 10.1. The first kappa shape index (κ1) is 15.0. The highest BCUT2D eigenvalue weighted by atomic mass is 32.2. The van der Waals surface area contributed by atoms with Gasteiger partial charge in [-0.3, -0.25) is 0 Å². The molecule has 0 aliphatic carbocycles. The minimum atomic E-state index is 0.250. The van der Waals surface area contributed by atoms with Crippen molar-refractivity contribution in [1.82, 2.24) is 0 Å². The monoisotopic (exact) mass is 264 g/mol. The molecule has 0 amide bonds. The van der Waals surface area contributed by atoms with E-state index in [-0.39, 0.29) is 6.33 Å². The Hall–Kier alpha value is -1.02. The minimum Gasteiger partial charge on any atom is -0.216 e. The molecule has 2 rings (SSSR count). The second-order valence-electron chi connectivity index (χ2n) is 4.50. The molecule has 2 heteroatoms. The Morgan fingerprint density at radius 3 is 2.44 bits per heavy atom. The van der Waals surface area contributed by atoms with E-state index in [1.54, 1.807) is 0 Å². The van der Waals surface area contributed by atoms with Crippen LogP contribution in [-0.2, 0) is 0 Å². The van der Waals surface area contributed by atoms with Crippen molar-refractivity contribution < 1.29 is 4.39 Å².